The van der Waals surface area contributed by atoms with E-state index in [0.717, 1.165) is 17.5 Å². The largest absolute Gasteiger partial charge is 0.334 e. The van der Waals surface area contributed by atoms with Gasteiger partial charge in [-0.3, -0.25) is 4.79 Å². The maximum atomic E-state index is 13.3. The van der Waals surface area contributed by atoms with Crippen molar-refractivity contribution in [1.82, 2.24) is 9.21 Å². The van der Waals surface area contributed by atoms with Crippen LogP contribution in [0, 0.1) is 5.92 Å². The Labute approximate surface area is 161 Å². The third-order valence-electron chi connectivity index (χ3n) is 4.95. The first-order valence-electron chi connectivity index (χ1n) is 9.25. The van der Waals surface area contributed by atoms with Crippen molar-refractivity contribution in [3.05, 3.63) is 71.8 Å². The number of carbonyl (C=O) groups excluding carboxylic acids is 1. The lowest BCUT2D eigenvalue weighted by Crippen LogP contribution is -2.46. The SMILES string of the molecule is CS(=O)(=O)N1CCC[C@H](C(=O)N(Cc2ccccc2)Cc2ccccc2)C1. The van der Waals surface area contributed by atoms with Gasteiger partial charge in [0.05, 0.1) is 12.2 Å². The van der Waals surface area contributed by atoms with Crippen molar-refractivity contribution in [2.45, 2.75) is 25.9 Å². The molecule has 0 radical (unpaired) electrons. The summed E-state index contributed by atoms with van der Waals surface area (Å²) in [4.78, 5) is 15.1. The van der Waals surface area contributed by atoms with Crippen LogP contribution in [0.5, 0.6) is 0 Å². The Hall–Kier alpha value is -2.18. The maximum Gasteiger partial charge on any atom is 0.227 e. The number of nitrogens with zero attached hydrogens (tertiary/aromatic N) is 2. The molecule has 3 rings (SSSR count). The average molecular weight is 387 g/mol. The third-order valence-corrected chi connectivity index (χ3v) is 6.22. The van der Waals surface area contributed by atoms with E-state index in [9.17, 15) is 13.2 Å². The van der Waals surface area contributed by atoms with Gasteiger partial charge < -0.3 is 4.90 Å². The van der Waals surface area contributed by atoms with Crippen molar-refractivity contribution in [3.8, 4) is 0 Å². The molecule has 2 aromatic carbocycles. The molecule has 0 saturated carbocycles. The first kappa shape index (κ1) is 19.6. The zero-order valence-electron chi connectivity index (χ0n) is 15.6. The molecule has 0 aliphatic carbocycles. The van der Waals surface area contributed by atoms with Crippen LogP contribution in [-0.2, 0) is 27.9 Å². The van der Waals surface area contributed by atoms with Crippen molar-refractivity contribution < 1.29 is 13.2 Å². The molecule has 6 heteroatoms. The Bertz CT molecular complexity index is 812. The lowest BCUT2D eigenvalue weighted by Gasteiger charge is -2.34. The lowest BCUT2D eigenvalue weighted by atomic mass is 9.97. The van der Waals surface area contributed by atoms with Crippen LogP contribution >= 0.6 is 0 Å². The van der Waals surface area contributed by atoms with Gasteiger partial charge in [-0.1, -0.05) is 60.7 Å². The average Bonchev–Trinajstić information content (AvgIpc) is 2.68. The van der Waals surface area contributed by atoms with Crippen LogP contribution < -0.4 is 0 Å². The molecular weight excluding hydrogens is 360 g/mol. The highest BCUT2D eigenvalue weighted by Gasteiger charge is 2.32. The van der Waals surface area contributed by atoms with Crippen molar-refractivity contribution >= 4 is 15.9 Å². The Balaban J connectivity index is 1.79. The van der Waals surface area contributed by atoms with Gasteiger partial charge in [-0.25, -0.2) is 12.7 Å². The monoisotopic (exact) mass is 386 g/mol. The molecule has 0 unspecified atom stereocenters. The molecule has 0 bridgehead atoms. The molecule has 1 aliphatic rings. The number of amides is 1. The number of benzene rings is 2. The normalized spacial score (nSPS) is 18.2. The molecule has 1 fully saturated rings. The lowest BCUT2D eigenvalue weighted by molar-refractivity contribution is -0.138. The molecule has 0 N–H and O–H groups in total. The number of carbonyl (C=O) groups is 1. The van der Waals surface area contributed by atoms with E-state index < -0.39 is 10.0 Å². The second-order valence-corrected chi connectivity index (χ2v) is 9.11. The Morgan fingerprint density at radius 1 is 1.00 bits per heavy atom. The Kier molecular flexibility index (Phi) is 6.29. The van der Waals surface area contributed by atoms with Crippen LogP contribution in [0.15, 0.2) is 60.7 Å². The van der Waals surface area contributed by atoms with Crippen LogP contribution in [0.4, 0.5) is 0 Å². The summed E-state index contributed by atoms with van der Waals surface area (Å²) in [5.74, 6) is -0.267. The Morgan fingerprint density at radius 3 is 2.00 bits per heavy atom. The minimum Gasteiger partial charge on any atom is -0.334 e. The molecule has 0 spiro atoms. The summed E-state index contributed by atoms with van der Waals surface area (Å²) in [5, 5.41) is 0. The quantitative estimate of drug-likeness (QED) is 0.767. The summed E-state index contributed by atoms with van der Waals surface area (Å²) in [7, 11) is -3.27. The van der Waals surface area contributed by atoms with Crippen LogP contribution in [0.3, 0.4) is 0 Å². The standard InChI is InChI=1S/C21H26N2O3S/c1-27(25,26)23-14-8-13-20(17-23)21(24)22(15-18-9-4-2-5-10-18)16-19-11-6-3-7-12-19/h2-7,9-12,20H,8,13-17H2,1H3/t20-/m0/s1. The van der Waals surface area contributed by atoms with Crippen molar-refractivity contribution in [3.63, 3.8) is 0 Å². The highest BCUT2D eigenvalue weighted by Crippen LogP contribution is 2.23. The summed E-state index contributed by atoms with van der Waals surface area (Å²) in [5.41, 5.74) is 2.13. The summed E-state index contributed by atoms with van der Waals surface area (Å²) < 4.78 is 25.2. The highest BCUT2D eigenvalue weighted by molar-refractivity contribution is 7.88. The second-order valence-electron chi connectivity index (χ2n) is 7.13. The van der Waals surface area contributed by atoms with Crippen LogP contribution in [-0.4, -0.2) is 42.9 Å². The topological polar surface area (TPSA) is 57.7 Å². The smallest absolute Gasteiger partial charge is 0.227 e. The molecule has 27 heavy (non-hydrogen) atoms. The molecule has 144 valence electrons. The van der Waals surface area contributed by atoms with Gasteiger partial charge in [0.15, 0.2) is 0 Å². The number of sulfonamides is 1. The highest BCUT2D eigenvalue weighted by atomic mass is 32.2. The molecule has 1 amide bonds. The predicted octanol–water partition coefficient (Wildman–Crippen LogP) is 2.89. The third kappa shape index (κ3) is 5.40. The molecule has 0 aromatic heterocycles. The Morgan fingerprint density at radius 2 is 1.52 bits per heavy atom. The molecule has 5 nitrogen and oxygen atoms in total. The second kappa shape index (κ2) is 8.67. The van der Waals surface area contributed by atoms with E-state index in [0.29, 0.717) is 26.1 Å². The first-order valence-corrected chi connectivity index (χ1v) is 11.1. The van der Waals surface area contributed by atoms with Crippen LogP contribution in [0.1, 0.15) is 24.0 Å². The van der Waals surface area contributed by atoms with E-state index in [2.05, 4.69) is 0 Å². The number of rotatable bonds is 6. The first-order chi connectivity index (χ1) is 12.9. The van der Waals surface area contributed by atoms with Gasteiger partial charge in [-0.15, -0.1) is 0 Å². The van der Waals surface area contributed by atoms with E-state index in [1.807, 2.05) is 65.6 Å². The molecule has 1 atom stereocenters. The molecule has 1 aliphatic heterocycles. The molecule has 1 heterocycles. The fourth-order valence-electron chi connectivity index (χ4n) is 3.52. The van der Waals surface area contributed by atoms with E-state index in [1.54, 1.807) is 0 Å². The van der Waals surface area contributed by atoms with Gasteiger partial charge in [-0.05, 0) is 24.0 Å². The van der Waals surface area contributed by atoms with Crippen LogP contribution in [0.25, 0.3) is 0 Å². The van der Waals surface area contributed by atoms with E-state index in [1.165, 1.54) is 10.6 Å². The summed E-state index contributed by atoms with van der Waals surface area (Å²) in [6, 6.07) is 19.8. The van der Waals surface area contributed by atoms with Gasteiger partial charge >= 0.3 is 0 Å². The van der Waals surface area contributed by atoms with E-state index in [-0.39, 0.29) is 18.4 Å². The van der Waals surface area contributed by atoms with E-state index in [4.69, 9.17) is 0 Å². The van der Waals surface area contributed by atoms with Gasteiger partial charge in [0, 0.05) is 26.2 Å². The number of hydrogen-bond donors (Lipinski definition) is 0. The summed E-state index contributed by atoms with van der Waals surface area (Å²) in [6.07, 6.45) is 2.66. The minimum atomic E-state index is -3.27. The van der Waals surface area contributed by atoms with Crippen LogP contribution in [0.2, 0.25) is 0 Å². The van der Waals surface area contributed by atoms with Gasteiger partial charge in [0.25, 0.3) is 0 Å². The van der Waals surface area contributed by atoms with Crippen molar-refractivity contribution in [1.29, 1.82) is 0 Å². The number of hydrogen-bond acceptors (Lipinski definition) is 3. The zero-order valence-corrected chi connectivity index (χ0v) is 16.4. The minimum absolute atomic E-state index is 0.0241. The van der Waals surface area contributed by atoms with Crippen molar-refractivity contribution in [2.75, 3.05) is 19.3 Å². The summed E-state index contributed by atoms with van der Waals surface area (Å²) >= 11 is 0. The van der Waals surface area contributed by atoms with E-state index >= 15 is 0 Å². The fraction of sp³-hybridized carbons (Fsp3) is 0.381. The fourth-order valence-corrected chi connectivity index (χ4v) is 4.43. The molecule has 2 aromatic rings. The summed E-state index contributed by atoms with van der Waals surface area (Å²) in [6.45, 7) is 1.81. The maximum absolute atomic E-state index is 13.3. The predicted molar refractivity (Wildman–Crippen MR) is 106 cm³/mol. The van der Waals surface area contributed by atoms with Gasteiger partial charge in [0.1, 0.15) is 0 Å². The van der Waals surface area contributed by atoms with Gasteiger partial charge in [0.2, 0.25) is 15.9 Å². The van der Waals surface area contributed by atoms with Crippen molar-refractivity contribution in [2.24, 2.45) is 5.92 Å². The number of piperidine rings is 1. The molecule has 1 saturated heterocycles. The zero-order chi connectivity index (χ0) is 19.3. The molecular formula is C21H26N2O3S. The van der Waals surface area contributed by atoms with Gasteiger partial charge in [-0.2, -0.15) is 0 Å².